The Labute approximate surface area is 121 Å². The summed E-state index contributed by atoms with van der Waals surface area (Å²) in [5, 5.41) is 1.40. The summed E-state index contributed by atoms with van der Waals surface area (Å²) in [6.07, 6.45) is 0. The summed E-state index contributed by atoms with van der Waals surface area (Å²) in [6.45, 7) is 2.00. The summed E-state index contributed by atoms with van der Waals surface area (Å²) in [5.41, 5.74) is 8.29. The Bertz CT molecular complexity index is 781. The molecular weight excluding hydrogens is 277 g/mol. The topological polar surface area (TPSA) is 39.2 Å². The number of nitrogens with two attached hydrogens (primary N) is 1. The van der Waals surface area contributed by atoms with Crippen LogP contribution in [-0.2, 0) is 0 Å². The van der Waals surface area contributed by atoms with Crippen LogP contribution in [0.4, 0.5) is 4.39 Å². The first-order valence-electron chi connectivity index (χ1n) is 6.25. The van der Waals surface area contributed by atoms with Crippen LogP contribution in [0.15, 0.2) is 46.9 Å². The summed E-state index contributed by atoms with van der Waals surface area (Å²) in [6, 6.07) is 11.3. The van der Waals surface area contributed by atoms with Gasteiger partial charge in [0.25, 0.3) is 0 Å². The highest BCUT2D eigenvalue weighted by molar-refractivity contribution is 6.30. The number of furan rings is 1. The van der Waals surface area contributed by atoms with Gasteiger partial charge in [-0.25, -0.2) is 4.39 Å². The Morgan fingerprint density at radius 3 is 2.75 bits per heavy atom. The number of aryl methyl sites for hydroxylation is 1. The molecule has 0 bridgehead atoms. The molecule has 2 N–H and O–H groups in total. The van der Waals surface area contributed by atoms with Gasteiger partial charge in [0.15, 0.2) is 0 Å². The van der Waals surface area contributed by atoms with E-state index in [1.165, 1.54) is 18.2 Å². The van der Waals surface area contributed by atoms with Crippen LogP contribution in [0.5, 0.6) is 0 Å². The normalized spacial score (nSPS) is 12.8. The van der Waals surface area contributed by atoms with Crippen molar-refractivity contribution in [3.8, 4) is 0 Å². The first-order valence-corrected chi connectivity index (χ1v) is 6.63. The SMILES string of the molecule is Cc1ccc2oc(C(N)c3cc(Cl)ccc3F)cc2c1. The Kier molecular flexibility index (Phi) is 3.24. The van der Waals surface area contributed by atoms with E-state index in [-0.39, 0.29) is 0 Å². The molecule has 4 heteroatoms. The molecule has 0 fully saturated rings. The number of hydrogen-bond donors (Lipinski definition) is 1. The summed E-state index contributed by atoms with van der Waals surface area (Å²) >= 11 is 5.90. The molecule has 0 aliphatic rings. The molecule has 0 saturated heterocycles. The molecule has 0 saturated carbocycles. The van der Waals surface area contributed by atoms with Gasteiger partial charge >= 0.3 is 0 Å². The van der Waals surface area contributed by atoms with Crippen molar-refractivity contribution in [1.29, 1.82) is 0 Å². The van der Waals surface area contributed by atoms with Gasteiger partial charge in [0, 0.05) is 16.0 Å². The van der Waals surface area contributed by atoms with Crippen molar-refractivity contribution < 1.29 is 8.81 Å². The van der Waals surface area contributed by atoms with Crippen LogP contribution < -0.4 is 5.73 Å². The maximum atomic E-state index is 13.8. The van der Waals surface area contributed by atoms with Crippen molar-refractivity contribution in [2.75, 3.05) is 0 Å². The molecule has 3 rings (SSSR count). The fourth-order valence-electron chi connectivity index (χ4n) is 2.24. The van der Waals surface area contributed by atoms with Gasteiger partial charge in [-0.15, -0.1) is 0 Å². The summed E-state index contributed by atoms with van der Waals surface area (Å²) in [4.78, 5) is 0. The number of halogens is 2. The van der Waals surface area contributed by atoms with E-state index in [0.29, 0.717) is 16.3 Å². The number of hydrogen-bond acceptors (Lipinski definition) is 2. The van der Waals surface area contributed by atoms with Crippen LogP contribution in [0.1, 0.15) is 22.9 Å². The molecule has 0 aliphatic heterocycles. The molecule has 0 aliphatic carbocycles. The van der Waals surface area contributed by atoms with Crippen molar-refractivity contribution in [3.63, 3.8) is 0 Å². The highest BCUT2D eigenvalue weighted by Crippen LogP contribution is 2.29. The van der Waals surface area contributed by atoms with E-state index in [1.807, 2.05) is 31.2 Å². The third-order valence-corrected chi connectivity index (χ3v) is 3.53. The lowest BCUT2D eigenvalue weighted by Crippen LogP contribution is -2.12. The molecule has 102 valence electrons. The number of fused-ring (bicyclic) bond motifs is 1. The Hall–Kier alpha value is -1.84. The van der Waals surface area contributed by atoms with Gasteiger partial charge in [0.05, 0.1) is 6.04 Å². The molecule has 1 unspecified atom stereocenters. The fraction of sp³-hybridized carbons (Fsp3) is 0.125. The molecule has 0 spiro atoms. The van der Waals surface area contributed by atoms with Gasteiger partial charge in [0.2, 0.25) is 0 Å². The van der Waals surface area contributed by atoms with E-state index in [2.05, 4.69) is 0 Å². The van der Waals surface area contributed by atoms with Crippen LogP contribution in [0, 0.1) is 12.7 Å². The average molecular weight is 290 g/mol. The van der Waals surface area contributed by atoms with Gasteiger partial charge < -0.3 is 10.2 Å². The van der Waals surface area contributed by atoms with Crippen LogP contribution in [0.2, 0.25) is 5.02 Å². The monoisotopic (exact) mass is 289 g/mol. The maximum Gasteiger partial charge on any atom is 0.134 e. The first-order chi connectivity index (χ1) is 9.54. The lowest BCUT2D eigenvalue weighted by molar-refractivity contribution is 0.510. The molecule has 0 radical (unpaired) electrons. The van der Waals surface area contributed by atoms with Crippen molar-refractivity contribution in [2.45, 2.75) is 13.0 Å². The predicted molar refractivity (Wildman–Crippen MR) is 78.4 cm³/mol. The van der Waals surface area contributed by atoms with Crippen LogP contribution in [0.25, 0.3) is 11.0 Å². The average Bonchev–Trinajstić information content (AvgIpc) is 2.83. The predicted octanol–water partition coefficient (Wildman–Crippen LogP) is 4.58. The lowest BCUT2D eigenvalue weighted by Gasteiger charge is -2.10. The fourth-order valence-corrected chi connectivity index (χ4v) is 2.42. The Morgan fingerprint density at radius 1 is 1.15 bits per heavy atom. The lowest BCUT2D eigenvalue weighted by atomic mass is 10.0. The van der Waals surface area contributed by atoms with Crippen LogP contribution >= 0.6 is 11.6 Å². The number of benzene rings is 2. The molecule has 20 heavy (non-hydrogen) atoms. The van der Waals surface area contributed by atoms with E-state index in [1.54, 1.807) is 0 Å². The van der Waals surface area contributed by atoms with E-state index in [4.69, 9.17) is 21.8 Å². The zero-order valence-electron chi connectivity index (χ0n) is 10.9. The van der Waals surface area contributed by atoms with E-state index >= 15 is 0 Å². The van der Waals surface area contributed by atoms with Gasteiger partial charge in [-0.05, 0) is 43.3 Å². The Balaban J connectivity index is 2.07. The van der Waals surface area contributed by atoms with Crippen LogP contribution in [-0.4, -0.2) is 0 Å². The van der Waals surface area contributed by atoms with Crippen molar-refractivity contribution >= 4 is 22.6 Å². The standard InChI is InChI=1S/C16H13ClFNO/c1-9-2-5-14-10(6-9)7-15(20-14)16(19)12-8-11(17)3-4-13(12)18/h2-8,16H,19H2,1H3. The van der Waals surface area contributed by atoms with Crippen molar-refractivity contribution in [3.05, 3.63) is 70.2 Å². The minimum Gasteiger partial charge on any atom is -0.459 e. The molecule has 0 amide bonds. The second kappa shape index (κ2) is 4.93. The maximum absolute atomic E-state index is 13.8. The Morgan fingerprint density at radius 2 is 1.95 bits per heavy atom. The van der Waals surface area contributed by atoms with E-state index in [0.717, 1.165) is 16.5 Å². The largest absolute Gasteiger partial charge is 0.459 e. The highest BCUT2D eigenvalue weighted by atomic mass is 35.5. The van der Waals surface area contributed by atoms with Gasteiger partial charge in [0.1, 0.15) is 17.2 Å². The molecule has 1 heterocycles. The minimum atomic E-state index is -0.679. The molecule has 3 aromatic rings. The van der Waals surface area contributed by atoms with Gasteiger partial charge in [-0.3, -0.25) is 0 Å². The molecular formula is C16H13ClFNO. The van der Waals surface area contributed by atoms with E-state index in [9.17, 15) is 4.39 Å². The minimum absolute atomic E-state index is 0.327. The number of rotatable bonds is 2. The highest BCUT2D eigenvalue weighted by Gasteiger charge is 2.18. The van der Waals surface area contributed by atoms with E-state index < -0.39 is 11.9 Å². The smallest absolute Gasteiger partial charge is 0.134 e. The first kappa shape index (κ1) is 13.2. The zero-order chi connectivity index (χ0) is 14.3. The van der Waals surface area contributed by atoms with Crippen LogP contribution in [0.3, 0.4) is 0 Å². The summed E-state index contributed by atoms with van der Waals surface area (Å²) in [5.74, 6) is 0.130. The summed E-state index contributed by atoms with van der Waals surface area (Å²) in [7, 11) is 0. The second-order valence-electron chi connectivity index (χ2n) is 4.83. The molecule has 2 nitrogen and oxygen atoms in total. The second-order valence-corrected chi connectivity index (χ2v) is 5.27. The summed E-state index contributed by atoms with van der Waals surface area (Å²) < 4.78 is 19.5. The van der Waals surface area contributed by atoms with Crippen molar-refractivity contribution in [1.82, 2.24) is 0 Å². The third kappa shape index (κ3) is 2.30. The molecule has 2 aromatic carbocycles. The van der Waals surface area contributed by atoms with Crippen molar-refractivity contribution in [2.24, 2.45) is 5.73 Å². The molecule has 1 atom stereocenters. The van der Waals surface area contributed by atoms with Gasteiger partial charge in [-0.2, -0.15) is 0 Å². The van der Waals surface area contributed by atoms with Gasteiger partial charge in [-0.1, -0.05) is 23.2 Å². The zero-order valence-corrected chi connectivity index (χ0v) is 11.6. The third-order valence-electron chi connectivity index (χ3n) is 3.29. The molecule has 1 aromatic heterocycles. The quantitative estimate of drug-likeness (QED) is 0.750.